The molecule has 5 nitrogen and oxygen atoms in total. The number of carbonyl (C=O) groups is 1. The van der Waals surface area contributed by atoms with Gasteiger partial charge in [0.1, 0.15) is 0 Å². The van der Waals surface area contributed by atoms with Crippen LogP contribution in [0.2, 0.25) is 5.02 Å². The molecule has 0 bridgehead atoms. The molecular weight excluding hydrogens is 321 g/mol. The van der Waals surface area contributed by atoms with Crippen LogP contribution in [-0.2, 0) is 0 Å². The van der Waals surface area contributed by atoms with Crippen LogP contribution in [0, 0.1) is 0 Å². The first-order chi connectivity index (χ1) is 8.59. The summed E-state index contributed by atoms with van der Waals surface area (Å²) in [5, 5.41) is 6.77. The summed E-state index contributed by atoms with van der Waals surface area (Å²) in [6, 6.07) is 4.79. The van der Waals surface area contributed by atoms with Crippen LogP contribution in [0.25, 0.3) is 0 Å². The predicted octanol–water partition coefficient (Wildman–Crippen LogP) is 2.98. The summed E-state index contributed by atoms with van der Waals surface area (Å²) in [6.07, 6.45) is 1.21. The molecule has 7 heteroatoms. The zero-order chi connectivity index (χ0) is 13.1. The van der Waals surface area contributed by atoms with Crippen molar-refractivity contribution in [2.75, 3.05) is 0 Å². The molecule has 94 valence electrons. The minimum absolute atomic E-state index is 0.293. The van der Waals surface area contributed by atoms with Crippen molar-refractivity contribution in [3.05, 3.63) is 45.5 Å². The van der Waals surface area contributed by atoms with E-state index in [4.69, 9.17) is 11.6 Å². The monoisotopic (exact) mass is 329 g/mol. The van der Waals surface area contributed by atoms with Crippen molar-refractivity contribution in [3.8, 4) is 0 Å². The van der Waals surface area contributed by atoms with Crippen molar-refractivity contribution in [1.82, 2.24) is 15.5 Å². The number of carbonyl (C=O) groups excluding carboxylic acids is 1. The molecule has 2 rings (SSSR count). The highest BCUT2D eigenvalue weighted by atomic mass is 79.9. The lowest BCUT2D eigenvalue weighted by molar-refractivity contribution is 0.0938. The molecule has 0 aliphatic rings. The van der Waals surface area contributed by atoms with E-state index in [0.29, 0.717) is 20.9 Å². The maximum Gasteiger partial charge on any atom is 0.253 e. The summed E-state index contributed by atoms with van der Waals surface area (Å²) in [7, 11) is 0. The van der Waals surface area contributed by atoms with E-state index in [-0.39, 0.29) is 11.9 Å². The third kappa shape index (κ3) is 2.70. The van der Waals surface area contributed by atoms with Crippen LogP contribution in [0.5, 0.6) is 0 Å². The van der Waals surface area contributed by atoms with Gasteiger partial charge < -0.3 is 9.84 Å². The Labute approximate surface area is 117 Å². The second-order valence-electron chi connectivity index (χ2n) is 3.59. The van der Waals surface area contributed by atoms with Gasteiger partial charge in [0.25, 0.3) is 5.91 Å². The van der Waals surface area contributed by atoms with Gasteiger partial charge in [-0.05, 0) is 35.0 Å². The molecule has 1 heterocycles. The smallest absolute Gasteiger partial charge is 0.253 e. The van der Waals surface area contributed by atoms with Crippen molar-refractivity contribution < 1.29 is 9.32 Å². The van der Waals surface area contributed by atoms with Gasteiger partial charge in [0, 0.05) is 4.47 Å². The van der Waals surface area contributed by atoms with Crippen molar-refractivity contribution in [2.24, 2.45) is 0 Å². The van der Waals surface area contributed by atoms with E-state index in [9.17, 15) is 4.79 Å². The maximum absolute atomic E-state index is 12.0. The fourth-order valence-corrected chi connectivity index (χ4v) is 1.97. The first kappa shape index (κ1) is 13.0. The molecule has 0 fully saturated rings. The maximum atomic E-state index is 12.0. The lowest BCUT2D eigenvalue weighted by Crippen LogP contribution is -2.27. The van der Waals surface area contributed by atoms with Crippen molar-refractivity contribution in [3.63, 3.8) is 0 Å². The third-order valence-electron chi connectivity index (χ3n) is 2.31. The second kappa shape index (κ2) is 5.49. The molecule has 1 aromatic heterocycles. The number of aromatic nitrogens is 2. The zero-order valence-electron chi connectivity index (χ0n) is 9.35. The van der Waals surface area contributed by atoms with Gasteiger partial charge in [-0.1, -0.05) is 22.8 Å². The number of benzene rings is 1. The molecule has 1 atom stereocenters. The summed E-state index contributed by atoms with van der Waals surface area (Å²) >= 11 is 9.31. The third-order valence-corrected chi connectivity index (χ3v) is 3.61. The van der Waals surface area contributed by atoms with Gasteiger partial charge in [0.2, 0.25) is 6.39 Å². The van der Waals surface area contributed by atoms with Crippen LogP contribution in [-0.4, -0.2) is 16.0 Å². The van der Waals surface area contributed by atoms with Gasteiger partial charge >= 0.3 is 0 Å². The second-order valence-corrected chi connectivity index (χ2v) is 4.82. The largest absolute Gasteiger partial charge is 0.343 e. The fourth-order valence-electron chi connectivity index (χ4n) is 1.39. The Morgan fingerprint density at radius 3 is 3.00 bits per heavy atom. The highest BCUT2D eigenvalue weighted by molar-refractivity contribution is 9.10. The number of nitrogens with zero attached hydrogens (tertiary/aromatic N) is 2. The van der Waals surface area contributed by atoms with Crippen LogP contribution in [0.4, 0.5) is 0 Å². The molecule has 0 unspecified atom stereocenters. The van der Waals surface area contributed by atoms with E-state index in [0.717, 1.165) is 0 Å². The van der Waals surface area contributed by atoms with E-state index in [2.05, 4.69) is 35.9 Å². The number of rotatable bonds is 3. The summed E-state index contributed by atoms with van der Waals surface area (Å²) in [4.78, 5) is 15.9. The summed E-state index contributed by atoms with van der Waals surface area (Å²) in [5.74, 6) is 0.119. The normalized spacial score (nSPS) is 12.2. The molecule has 0 saturated heterocycles. The molecule has 0 aliphatic carbocycles. The van der Waals surface area contributed by atoms with E-state index in [1.807, 2.05) is 0 Å². The lowest BCUT2D eigenvalue weighted by atomic mass is 10.2. The van der Waals surface area contributed by atoms with Gasteiger partial charge in [-0.15, -0.1) is 0 Å². The van der Waals surface area contributed by atoms with Crippen LogP contribution < -0.4 is 5.32 Å². The van der Waals surface area contributed by atoms with Gasteiger partial charge in [-0.3, -0.25) is 4.79 Å². The Bertz CT molecular complexity index is 559. The first-order valence-corrected chi connectivity index (χ1v) is 6.28. The fraction of sp³-hybridized carbons (Fsp3) is 0.182. The predicted molar refractivity (Wildman–Crippen MR) is 69.3 cm³/mol. The Balaban J connectivity index is 2.15. The molecular formula is C11H9BrClN3O2. The van der Waals surface area contributed by atoms with E-state index in [1.54, 1.807) is 25.1 Å². The lowest BCUT2D eigenvalue weighted by Gasteiger charge is -2.11. The molecule has 1 aromatic carbocycles. The topological polar surface area (TPSA) is 68.0 Å². The van der Waals surface area contributed by atoms with Gasteiger partial charge in [0.15, 0.2) is 5.82 Å². The number of hydrogen-bond acceptors (Lipinski definition) is 4. The van der Waals surface area contributed by atoms with Crippen LogP contribution in [0.3, 0.4) is 0 Å². The Hall–Kier alpha value is -1.40. The molecule has 0 radical (unpaired) electrons. The molecule has 2 aromatic rings. The van der Waals surface area contributed by atoms with Crippen molar-refractivity contribution in [2.45, 2.75) is 13.0 Å². The van der Waals surface area contributed by atoms with E-state index in [1.165, 1.54) is 6.39 Å². The summed E-state index contributed by atoms with van der Waals surface area (Å²) in [6.45, 7) is 1.76. The number of nitrogens with one attached hydrogen (secondary N) is 1. The first-order valence-electron chi connectivity index (χ1n) is 5.10. The Morgan fingerprint density at radius 1 is 1.56 bits per heavy atom. The highest BCUT2D eigenvalue weighted by Gasteiger charge is 2.17. The SMILES string of the molecule is C[C@H](NC(=O)c1cccc(Br)c1Cl)c1ncon1. The minimum Gasteiger partial charge on any atom is -0.343 e. The summed E-state index contributed by atoms with van der Waals surface area (Å²) < 4.78 is 5.29. The van der Waals surface area contributed by atoms with Gasteiger partial charge in [-0.25, -0.2) is 0 Å². The molecule has 0 saturated carbocycles. The van der Waals surface area contributed by atoms with E-state index >= 15 is 0 Å². The zero-order valence-corrected chi connectivity index (χ0v) is 11.7. The average Bonchev–Trinajstić information content (AvgIpc) is 2.86. The molecule has 0 spiro atoms. The van der Waals surface area contributed by atoms with Gasteiger partial charge in [-0.2, -0.15) is 4.98 Å². The molecule has 0 aliphatic heterocycles. The standard InChI is InChI=1S/C11H9BrClN3O2/c1-6(10-14-5-18-16-10)15-11(17)7-3-2-4-8(12)9(7)13/h2-6H,1H3,(H,15,17)/t6-/m0/s1. The van der Waals surface area contributed by atoms with Crippen LogP contribution in [0.1, 0.15) is 29.1 Å². The van der Waals surface area contributed by atoms with Crippen LogP contribution in [0.15, 0.2) is 33.6 Å². The quantitative estimate of drug-likeness (QED) is 0.939. The van der Waals surface area contributed by atoms with Crippen molar-refractivity contribution in [1.29, 1.82) is 0 Å². The van der Waals surface area contributed by atoms with Crippen LogP contribution >= 0.6 is 27.5 Å². The number of amides is 1. The minimum atomic E-state index is -0.355. The molecule has 1 amide bonds. The van der Waals surface area contributed by atoms with Gasteiger partial charge in [0.05, 0.1) is 16.6 Å². The Kier molecular flexibility index (Phi) is 3.98. The molecule has 1 N–H and O–H groups in total. The van der Waals surface area contributed by atoms with E-state index < -0.39 is 0 Å². The summed E-state index contributed by atoms with van der Waals surface area (Å²) in [5.41, 5.74) is 0.390. The van der Waals surface area contributed by atoms with Crippen molar-refractivity contribution >= 4 is 33.4 Å². The average molecular weight is 331 g/mol. The number of hydrogen-bond donors (Lipinski definition) is 1. The number of halogens is 2. The highest BCUT2D eigenvalue weighted by Crippen LogP contribution is 2.26. The molecule has 18 heavy (non-hydrogen) atoms. The Morgan fingerprint density at radius 2 is 2.33 bits per heavy atom.